The number of nitrogens with one attached hydrogen (secondary N) is 2. The zero-order chi connectivity index (χ0) is 20.8. The maximum atomic E-state index is 12.7. The first-order valence-corrected chi connectivity index (χ1v) is 9.09. The van der Waals surface area contributed by atoms with E-state index in [9.17, 15) is 9.59 Å². The smallest absolute Gasteiger partial charge is 0.256 e. The molecule has 0 saturated carbocycles. The summed E-state index contributed by atoms with van der Waals surface area (Å²) >= 11 is 0. The third kappa shape index (κ3) is 4.64. The molecule has 2 heterocycles. The highest BCUT2D eigenvalue weighted by Crippen LogP contribution is 2.24. The molecule has 0 radical (unpaired) electrons. The largest absolute Gasteiger partial charge is 0.496 e. The van der Waals surface area contributed by atoms with Gasteiger partial charge >= 0.3 is 0 Å². The van der Waals surface area contributed by atoms with Gasteiger partial charge in [-0.3, -0.25) is 14.3 Å². The monoisotopic (exact) mass is 397 g/mol. The number of nitrogens with two attached hydrogens (primary N) is 1. The molecule has 0 aliphatic rings. The van der Waals surface area contributed by atoms with Crippen LogP contribution in [0.15, 0.2) is 47.1 Å². The number of hydrogen-bond acceptors (Lipinski definition) is 6. The lowest BCUT2D eigenvalue weighted by molar-refractivity contribution is 0.0950. The average Bonchev–Trinajstić information content (AvgIpc) is 3.37. The third-order valence-corrected chi connectivity index (χ3v) is 4.27. The van der Waals surface area contributed by atoms with E-state index in [0.29, 0.717) is 42.4 Å². The minimum atomic E-state index is -0.396. The summed E-state index contributed by atoms with van der Waals surface area (Å²) in [6.07, 6.45) is 2.23. The SMILES string of the molecule is COc1ccc(C(=O)Nc2cc(-c3ccco3)n(C)n2)cc1C(=O)NCCCN. The molecule has 0 atom stereocenters. The number of carbonyl (C=O) groups is 2. The Morgan fingerprint density at radius 3 is 2.76 bits per heavy atom. The lowest BCUT2D eigenvalue weighted by Crippen LogP contribution is -2.26. The van der Waals surface area contributed by atoms with Gasteiger partial charge in [0.15, 0.2) is 11.6 Å². The molecular formula is C20H23N5O4. The molecule has 4 N–H and O–H groups in total. The van der Waals surface area contributed by atoms with Gasteiger partial charge in [0, 0.05) is 25.2 Å². The maximum absolute atomic E-state index is 12.7. The van der Waals surface area contributed by atoms with Crippen LogP contribution < -0.4 is 21.1 Å². The summed E-state index contributed by atoms with van der Waals surface area (Å²) in [5, 5.41) is 9.78. The zero-order valence-electron chi connectivity index (χ0n) is 16.3. The van der Waals surface area contributed by atoms with Gasteiger partial charge in [-0.1, -0.05) is 0 Å². The van der Waals surface area contributed by atoms with E-state index in [-0.39, 0.29) is 11.5 Å². The van der Waals surface area contributed by atoms with E-state index >= 15 is 0 Å². The number of methoxy groups -OCH3 is 1. The van der Waals surface area contributed by atoms with Gasteiger partial charge in [-0.15, -0.1) is 0 Å². The highest BCUT2D eigenvalue weighted by Gasteiger charge is 2.17. The standard InChI is InChI=1S/C20H23N5O4/c1-25-15(17-5-3-10-29-17)12-18(24-25)23-19(26)13-6-7-16(28-2)14(11-13)20(27)22-9-4-8-21/h3,5-7,10-12H,4,8-9,21H2,1-2H3,(H,22,27)(H,23,24,26). The Hall–Kier alpha value is -3.59. The molecule has 0 unspecified atom stereocenters. The first kappa shape index (κ1) is 20.2. The number of carbonyl (C=O) groups excluding carboxylic acids is 2. The minimum absolute atomic E-state index is 0.273. The van der Waals surface area contributed by atoms with Crippen molar-refractivity contribution in [2.45, 2.75) is 6.42 Å². The van der Waals surface area contributed by atoms with Gasteiger partial charge in [0.25, 0.3) is 11.8 Å². The van der Waals surface area contributed by atoms with E-state index in [0.717, 1.165) is 5.69 Å². The summed E-state index contributed by atoms with van der Waals surface area (Å²) in [7, 11) is 3.22. The van der Waals surface area contributed by atoms with Crippen LogP contribution in [0, 0.1) is 0 Å². The molecule has 152 valence electrons. The van der Waals surface area contributed by atoms with Gasteiger partial charge in [0.05, 0.1) is 18.9 Å². The highest BCUT2D eigenvalue weighted by molar-refractivity contribution is 6.06. The van der Waals surface area contributed by atoms with Crippen molar-refractivity contribution in [3.8, 4) is 17.2 Å². The summed E-state index contributed by atoms with van der Waals surface area (Å²) in [4.78, 5) is 25.1. The number of amides is 2. The van der Waals surface area contributed by atoms with E-state index < -0.39 is 5.91 Å². The van der Waals surface area contributed by atoms with Crippen molar-refractivity contribution in [2.24, 2.45) is 12.8 Å². The Kier molecular flexibility index (Phi) is 6.30. The number of nitrogens with zero attached hydrogens (tertiary/aromatic N) is 2. The van der Waals surface area contributed by atoms with E-state index in [1.807, 2.05) is 6.07 Å². The summed E-state index contributed by atoms with van der Waals surface area (Å²) in [6, 6.07) is 9.95. The third-order valence-electron chi connectivity index (χ3n) is 4.27. The first-order valence-electron chi connectivity index (χ1n) is 9.09. The summed E-state index contributed by atoms with van der Waals surface area (Å²) in [6.45, 7) is 0.919. The molecular weight excluding hydrogens is 374 g/mol. The number of aromatic nitrogens is 2. The molecule has 9 heteroatoms. The van der Waals surface area contributed by atoms with Crippen LogP contribution in [-0.4, -0.2) is 41.8 Å². The lowest BCUT2D eigenvalue weighted by Gasteiger charge is -2.11. The average molecular weight is 397 g/mol. The molecule has 0 bridgehead atoms. The van der Waals surface area contributed by atoms with E-state index in [4.69, 9.17) is 14.9 Å². The molecule has 2 amide bonds. The number of aryl methyl sites for hydroxylation is 1. The Morgan fingerprint density at radius 1 is 1.24 bits per heavy atom. The van der Waals surface area contributed by atoms with Crippen LogP contribution in [0.2, 0.25) is 0 Å². The van der Waals surface area contributed by atoms with Crippen molar-refractivity contribution in [1.82, 2.24) is 15.1 Å². The van der Waals surface area contributed by atoms with Gasteiger partial charge in [-0.05, 0) is 43.3 Å². The van der Waals surface area contributed by atoms with Crippen LogP contribution in [0.4, 0.5) is 5.82 Å². The topological polar surface area (TPSA) is 124 Å². The van der Waals surface area contributed by atoms with E-state index in [2.05, 4.69) is 15.7 Å². The lowest BCUT2D eigenvalue weighted by atomic mass is 10.1. The molecule has 0 spiro atoms. The molecule has 2 aromatic heterocycles. The van der Waals surface area contributed by atoms with Crippen LogP contribution in [0.5, 0.6) is 5.75 Å². The Bertz CT molecular complexity index is 994. The van der Waals surface area contributed by atoms with Crippen molar-refractivity contribution in [1.29, 1.82) is 0 Å². The molecule has 0 aliphatic heterocycles. The molecule has 29 heavy (non-hydrogen) atoms. The number of rotatable bonds is 8. The number of hydrogen-bond donors (Lipinski definition) is 3. The first-order chi connectivity index (χ1) is 14.0. The molecule has 0 aliphatic carbocycles. The minimum Gasteiger partial charge on any atom is -0.496 e. The van der Waals surface area contributed by atoms with Gasteiger partial charge in [0.2, 0.25) is 0 Å². The molecule has 3 aromatic rings. The van der Waals surface area contributed by atoms with Crippen LogP contribution in [0.25, 0.3) is 11.5 Å². The van der Waals surface area contributed by atoms with Crippen molar-refractivity contribution >= 4 is 17.6 Å². The highest BCUT2D eigenvalue weighted by atomic mass is 16.5. The number of ether oxygens (including phenoxy) is 1. The van der Waals surface area contributed by atoms with Crippen molar-refractivity contribution in [3.63, 3.8) is 0 Å². The second kappa shape index (κ2) is 9.07. The van der Waals surface area contributed by atoms with Crippen molar-refractivity contribution in [2.75, 3.05) is 25.5 Å². The van der Waals surface area contributed by atoms with Crippen LogP contribution in [-0.2, 0) is 7.05 Å². The van der Waals surface area contributed by atoms with Gasteiger partial charge in [-0.2, -0.15) is 5.10 Å². The Morgan fingerprint density at radius 2 is 2.07 bits per heavy atom. The fourth-order valence-corrected chi connectivity index (χ4v) is 2.80. The fraction of sp³-hybridized carbons (Fsp3) is 0.250. The maximum Gasteiger partial charge on any atom is 0.256 e. The number of benzene rings is 1. The molecule has 0 saturated heterocycles. The predicted molar refractivity (Wildman–Crippen MR) is 108 cm³/mol. The second-order valence-corrected chi connectivity index (χ2v) is 6.28. The van der Waals surface area contributed by atoms with Gasteiger partial charge in [0.1, 0.15) is 11.4 Å². The molecule has 1 aromatic carbocycles. The predicted octanol–water partition coefficient (Wildman–Crippen LogP) is 2.02. The molecule has 3 rings (SSSR count). The van der Waals surface area contributed by atoms with Crippen LogP contribution in [0.1, 0.15) is 27.1 Å². The normalized spacial score (nSPS) is 10.6. The quantitative estimate of drug-likeness (QED) is 0.500. The number of anilines is 1. The van der Waals surface area contributed by atoms with Crippen LogP contribution in [0.3, 0.4) is 0 Å². The van der Waals surface area contributed by atoms with Crippen molar-refractivity contribution < 1.29 is 18.7 Å². The van der Waals surface area contributed by atoms with Crippen LogP contribution >= 0.6 is 0 Å². The van der Waals surface area contributed by atoms with Crippen molar-refractivity contribution in [3.05, 3.63) is 53.8 Å². The zero-order valence-corrected chi connectivity index (χ0v) is 16.3. The summed E-state index contributed by atoms with van der Waals surface area (Å²) < 4.78 is 12.2. The summed E-state index contributed by atoms with van der Waals surface area (Å²) in [5.74, 6) is 0.662. The van der Waals surface area contributed by atoms with E-state index in [1.165, 1.54) is 13.2 Å². The fourth-order valence-electron chi connectivity index (χ4n) is 2.80. The number of furan rings is 1. The second-order valence-electron chi connectivity index (χ2n) is 6.28. The summed E-state index contributed by atoms with van der Waals surface area (Å²) in [5.41, 5.74) is 6.75. The Balaban J connectivity index is 1.78. The van der Waals surface area contributed by atoms with Gasteiger partial charge in [-0.25, -0.2) is 0 Å². The molecule has 9 nitrogen and oxygen atoms in total. The Labute approximate surface area is 167 Å². The molecule has 0 fully saturated rings. The van der Waals surface area contributed by atoms with Gasteiger partial charge < -0.3 is 25.5 Å². The van der Waals surface area contributed by atoms with E-state index in [1.54, 1.807) is 42.3 Å².